The first-order chi connectivity index (χ1) is 13.1. The van der Waals surface area contributed by atoms with Crippen LogP contribution in [0.1, 0.15) is 12.8 Å². The molecule has 138 valence electrons. The van der Waals surface area contributed by atoms with Crippen molar-refractivity contribution in [3.8, 4) is 17.6 Å². The lowest BCUT2D eigenvalue weighted by molar-refractivity contribution is -0.122. The van der Waals surface area contributed by atoms with Crippen LogP contribution >= 0.6 is 23.2 Å². The lowest BCUT2D eigenvalue weighted by atomic mass is 10.3. The SMILES string of the molecule is N#CC(=NNc1ccccc1Oc1ccc(Cl)cc1Cl)C(=O)N1CCCC1. The molecule has 1 amide bonds. The van der Waals surface area contributed by atoms with Gasteiger partial charge in [-0.15, -0.1) is 0 Å². The Balaban J connectivity index is 1.79. The molecule has 1 fully saturated rings. The predicted molar refractivity (Wildman–Crippen MR) is 105 cm³/mol. The highest BCUT2D eigenvalue weighted by atomic mass is 35.5. The molecule has 0 bridgehead atoms. The molecule has 1 aliphatic heterocycles. The van der Waals surface area contributed by atoms with E-state index in [2.05, 4.69) is 10.5 Å². The molecule has 8 heteroatoms. The normalized spacial score (nSPS) is 14.0. The van der Waals surface area contributed by atoms with E-state index in [9.17, 15) is 10.1 Å². The van der Waals surface area contributed by atoms with Gasteiger partial charge in [0.25, 0.3) is 5.91 Å². The van der Waals surface area contributed by atoms with Gasteiger partial charge in [-0.05, 0) is 43.2 Å². The van der Waals surface area contributed by atoms with Gasteiger partial charge >= 0.3 is 0 Å². The third kappa shape index (κ3) is 4.70. The van der Waals surface area contributed by atoms with Crippen LogP contribution in [-0.2, 0) is 4.79 Å². The smallest absolute Gasteiger partial charge is 0.285 e. The topological polar surface area (TPSA) is 77.7 Å². The first kappa shape index (κ1) is 19.0. The van der Waals surface area contributed by atoms with Crippen LogP contribution in [0.5, 0.6) is 11.5 Å². The summed E-state index contributed by atoms with van der Waals surface area (Å²) in [5.41, 5.74) is 3.04. The standard InChI is InChI=1S/C19H16Cl2N4O2/c20-13-7-8-17(14(21)11-13)27-18-6-2-1-5-15(18)23-24-16(12-22)19(26)25-9-3-4-10-25/h1-2,5-8,11,23H,3-4,9-10H2. The highest BCUT2D eigenvalue weighted by Gasteiger charge is 2.23. The Morgan fingerprint density at radius 1 is 1.15 bits per heavy atom. The van der Waals surface area contributed by atoms with E-state index in [0.29, 0.717) is 40.3 Å². The number of ether oxygens (including phenoxy) is 1. The Bertz CT molecular complexity index is 918. The van der Waals surface area contributed by atoms with Gasteiger partial charge in [0.2, 0.25) is 5.71 Å². The third-order valence-electron chi connectivity index (χ3n) is 3.99. The van der Waals surface area contributed by atoms with Crippen molar-refractivity contribution in [2.75, 3.05) is 18.5 Å². The zero-order valence-electron chi connectivity index (χ0n) is 14.3. The monoisotopic (exact) mass is 402 g/mol. The fourth-order valence-electron chi connectivity index (χ4n) is 2.63. The van der Waals surface area contributed by atoms with Crippen LogP contribution in [0.15, 0.2) is 47.6 Å². The van der Waals surface area contributed by atoms with Gasteiger partial charge in [0.15, 0.2) is 5.75 Å². The summed E-state index contributed by atoms with van der Waals surface area (Å²) in [5.74, 6) is 0.492. The average Bonchev–Trinajstić information content (AvgIpc) is 3.20. The molecule has 0 saturated carbocycles. The van der Waals surface area contributed by atoms with Gasteiger partial charge in [-0.3, -0.25) is 10.2 Å². The van der Waals surface area contributed by atoms with Gasteiger partial charge in [0.05, 0.1) is 10.7 Å². The molecule has 1 saturated heterocycles. The van der Waals surface area contributed by atoms with Crippen LogP contribution in [0, 0.1) is 11.3 Å². The minimum absolute atomic E-state index is 0.198. The number of halogens is 2. The number of nitriles is 1. The lowest BCUT2D eigenvalue weighted by Crippen LogP contribution is -2.33. The molecule has 0 atom stereocenters. The summed E-state index contributed by atoms with van der Waals surface area (Å²) < 4.78 is 5.82. The predicted octanol–water partition coefficient (Wildman–Crippen LogP) is 4.70. The molecular weight excluding hydrogens is 387 g/mol. The molecule has 6 nitrogen and oxygen atoms in total. The number of anilines is 1. The first-order valence-electron chi connectivity index (χ1n) is 8.33. The molecule has 3 rings (SSSR count). The van der Waals surface area contributed by atoms with Crippen molar-refractivity contribution in [2.24, 2.45) is 5.10 Å². The number of nitrogens with zero attached hydrogens (tertiary/aromatic N) is 3. The summed E-state index contributed by atoms with van der Waals surface area (Å²) in [6.45, 7) is 1.29. The second-order valence-corrected chi connectivity index (χ2v) is 6.70. The van der Waals surface area contributed by atoms with Crippen LogP contribution in [0.3, 0.4) is 0 Å². The van der Waals surface area contributed by atoms with E-state index >= 15 is 0 Å². The van der Waals surface area contributed by atoms with Crippen LogP contribution < -0.4 is 10.2 Å². The number of hydrogen-bond acceptors (Lipinski definition) is 5. The van der Waals surface area contributed by atoms with Crippen molar-refractivity contribution in [3.63, 3.8) is 0 Å². The Kier molecular flexibility index (Phi) is 6.17. The Hall–Kier alpha value is -2.75. The van der Waals surface area contributed by atoms with Gasteiger partial charge in [0, 0.05) is 18.1 Å². The summed E-state index contributed by atoms with van der Waals surface area (Å²) >= 11 is 12.0. The molecule has 27 heavy (non-hydrogen) atoms. The van der Waals surface area contributed by atoms with E-state index < -0.39 is 0 Å². The van der Waals surface area contributed by atoms with E-state index in [-0.39, 0.29) is 11.6 Å². The van der Waals surface area contributed by atoms with Crippen molar-refractivity contribution in [3.05, 3.63) is 52.5 Å². The van der Waals surface area contributed by atoms with Crippen LogP contribution in [0.25, 0.3) is 0 Å². The lowest BCUT2D eigenvalue weighted by Gasteiger charge is -2.14. The average molecular weight is 403 g/mol. The second-order valence-electron chi connectivity index (χ2n) is 5.86. The van der Waals surface area contributed by atoms with E-state index in [1.165, 1.54) is 0 Å². The molecular formula is C19H16Cl2N4O2. The zero-order valence-corrected chi connectivity index (χ0v) is 15.8. The van der Waals surface area contributed by atoms with Crippen LogP contribution in [-0.4, -0.2) is 29.6 Å². The zero-order chi connectivity index (χ0) is 19.2. The Morgan fingerprint density at radius 2 is 1.89 bits per heavy atom. The van der Waals surface area contributed by atoms with Crippen molar-refractivity contribution < 1.29 is 9.53 Å². The number of hydrazone groups is 1. The van der Waals surface area contributed by atoms with Gasteiger partial charge in [0.1, 0.15) is 11.8 Å². The van der Waals surface area contributed by atoms with Gasteiger partial charge in [-0.1, -0.05) is 35.3 Å². The van der Waals surface area contributed by atoms with Gasteiger partial charge in [-0.2, -0.15) is 10.4 Å². The number of rotatable bonds is 5. The number of carbonyl (C=O) groups is 1. The second kappa shape index (κ2) is 8.76. The summed E-state index contributed by atoms with van der Waals surface area (Å²) in [5, 5.41) is 14.1. The molecule has 1 aliphatic rings. The Labute approximate surface area is 166 Å². The van der Waals surface area contributed by atoms with Gasteiger partial charge < -0.3 is 9.64 Å². The highest BCUT2D eigenvalue weighted by Crippen LogP contribution is 2.34. The molecule has 2 aromatic rings. The van der Waals surface area contributed by atoms with E-state index in [0.717, 1.165) is 12.8 Å². The fraction of sp³-hybridized carbons (Fsp3) is 0.211. The number of benzene rings is 2. The van der Waals surface area contributed by atoms with Crippen molar-refractivity contribution in [2.45, 2.75) is 12.8 Å². The number of nitrogens with one attached hydrogen (secondary N) is 1. The van der Waals surface area contributed by atoms with Crippen LogP contribution in [0.2, 0.25) is 10.0 Å². The summed E-state index contributed by atoms with van der Waals surface area (Å²) in [6.07, 6.45) is 1.88. The number of likely N-dealkylation sites (tertiary alicyclic amines) is 1. The van der Waals surface area contributed by atoms with E-state index in [1.807, 2.05) is 6.07 Å². The van der Waals surface area contributed by atoms with Crippen LogP contribution in [0.4, 0.5) is 5.69 Å². The number of para-hydroxylation sites is 2. The molecule has 1 heterocycles. The van der Waals surface area contributed by atoms with E-state index in [1.54, 1.807) is 47.4 Å². The maximum absolute atomic E-state index is 12.3. The quantitative estimate of drug-likeness (QED) is 0.580. The minimum Gasteiger partial charge on any atom is -0.454 e. The molecule has 0 aliphatic carbocycles. The number of carbonyl (C=O) groups excluding carboxylic acids is 1. The molecule has 0 aromatic heterocycles. The summed E-state index contributed by atoms with van der Waals surface area (Å²) in [7, 11) is 0. The molecule has 0 radical (unpaired) electrons. The fourth-order valence-corrected chi connectivity index (χ4v) is 3.08. The van der Waals surface area contributed by atoms with Crippen molar-refractivity contribution in [1.82, 2.24) is 4.90 Å². The molecule has 2 aromatic carbocycles. The summed E-state index contributed by atoms with van der Waals surface area (Å²) in [4.78, 5) is 13.9. The van der Waals surface area contributed by atoms with Crippen molar-refractivity contribution >= 4 is 40.5 Å². The third-order valence-corrected chi connectivity index (χ3v) is 4.52. The molecule has 0 unspecified atom stereocenters. The maximum Gasteiger partial charge on any atom is 0.285 e. The van der Waals surface area contributed by atoms with E-state index in [4.69, 9.17) is 27.9 Å². The highest BCUT2D eigenvalue weighted by molar-refractivity contribution is 6.45. The molecule has 1 N–H and O–H groups in total. The van der Waals surface area contributed by atoms with Gasteiger partial charge in [-0.25, -0.2) is 0 Å². The first-order valence-corrected chi connectivity index (χ1v) is 9.09. The number of hydrogen-bond donors (Lipinski definition) is 1. The Morgan fingerprint density at radius 3 is 2.59 bits per heavy atom. The minimum atomic E-state index is -0.373. The largest absolute Gasteiger partial charge is 0.454 e. The summed E-state index contributed by atoms with van der Waals surface area (Å²) in [6, 6.07) is 13.8. The number of amides is 1. The maximum atomic E-state index is 12.3. The van der Waals surface area contributed by atoms with Crippen molar-refractivity contribution in [1.29, 1.82) is 5.26 Å². The molecule has 0 spiro atoms.